The van der Waals surface area contributed by atoms with E-state index in [1.807, 2.05) is 43.3 Å². The van der Waals surface area contributed by atoms with E-state index in [4.69, 9.17) is 12.2 Å². The Bertz CT molecular complexity index is 1100. The van der Waals surface area contributed by atoms with Gasteiger partial charge in [0.2, 0.25) is 0 Å². The van der Waals surface area contributed by atoms with Gasteiger partial charge in [-0.1, -0.05) is 91.3 Å². The fourth-order valence-corrected chi connectivity index (χ4v) is 6.19. The molecular formula is C25H24N2O2S2. The number of thiocarbonyl (C=S) groups is 1. The molecule has 6 heteroatoms. The molecule has 0 atom stereocenters. The summed E-state index contributed by atoms with van der Waals surface area (Å²) in [5.74, 6) is -0.219. The molecule has 1 saturated carbocycles. The Hall–Kier alpha value is -2.44. The molecule has 2 fully saturated rings. The molecule has 2 aromatic rings. The second-order valence-electron chi connectivity index (χ2n) is 8.43. The topological polar surface area (TPSA) is 40.6 Å². The molecule has 158 valence electrons. The van der Waals surface area contributed by atoms with Gasteiger partial charge >= 0.3 is 0 Å². The molecule has 1 saturated heterocycles. The zero-order valence-electron chi connectivity index (χ0n) is 17.5. The summed E-state index contributed by atoms with van der Waals surface area (Å²) in [6.45, 7) is 2.52. The largest absolute Gasteiger partial charge is 0.303 e. The van der Waals surface area contributed by atoms with E-state index in [1.165, 1.54) is 23.7 Å². The molecule has 2 heterocycles. The highest BCUT2D eigenvalue weighted by molar-refractivity contribution is 8.26. The molecule has 2 aliphatic heterocycles. The molecule has 0 aromatic heterocycles. The second kappa shape index (κ2) is 8.24. The van der Waals surface area contributed by atoms with E-state index in [0.29, 0.717) is 21.3 Å². The minimum absolute atomic E-state index is 0.0998. The van der Waals surface area contributed by atoms with E-state index >= 15 is 0 Å². The Labute approximate surface area is 192 Å². The molecule has 2 amide bonds. The Morgan fingerprint density at radius 1 is 0.968 bits per heavy atom. The lowest BCUT2D eigenvalue weighted by atomic mass is 9.94. The number of benzene rings is 2. The molecule has 0 bridgehead atoms. The lowest BCUT2D eigenvalue weighted by Gasteiger charge is -2.29. The third kappa shape index (κ3) is 3.62. The molecule has 2 aromatic carbocycles. The standard InChI is InChI=1S/C25H24N2O2S2/c1-16-11-13-17(14-12-16)15-26-20-10-6-5-9-19(20)21(23(26)28)22-24(29)27(25(30)31-22)18-7-3-2-4-8-18/h5-6,9-14,18H,2-4,7-8,15H2,1H3. The smallest absolute Gasteiger partial charge is 0.267 e. The number of nitrogens with zero attached hydrogens (tertiary/aromatic N) is 2. The molecule has 0 unspecified atom stereocenters. The van der Waals surface area contributed by atoms with Crippen molar-refractivity contribution in [2.24, 2.45) is 0 Å². The van der Waals surface area contributed by atoms with Crippen molar-refractivity contribution in [3.63, 3.8) is 0 Å². The highest BCUT2D eigenvalue weighted by Gasteiger charge is 2.44. The molecule has 0 spiro atoms. The van der Waals surface area contributed by atoms with E-state index in [1.54, 1.807) is 9.80 Å². The van der Waals surface area contributed by atoms with Crippen molar-refractivity contribution in [1.82, 2.24) is 4.90 Å². The number of fused-ring (bicyclic) bond motifs is 1. The van der Waals surface area contributed by atoms with E-state index in [-0.39, 0.29) is 17.9 Å². The van der Waals surface area contributed by atoms with Crippen LogP contribution in [-0.2, 0) is 16.1 Å². The molecule has 0 N–H and O–H groups in total. The quantitative estimate of drug-likeness (QED) is 0.463. The maximum atomic E-state index is 13.6. The number of thioether (sulfide) groups is 1. The van der Waals surface area contributed by atoms with Crippen LogP contribution in [0.15, 0.2) is 53.4 Å². The normalized spacial score (nSPS) is 21.9. The van der Waals surface area contributed by atoms with Crippen molar-refractivity contribution in [3.8, 4) is 0 Å². The van der Waals surface area contributed by atoms with Gasteiger partial charge in [0.1, 0.15) is 4.32 Å². The van der Waals surface area contributed by atoms with Crippen molar-refractivity contribution >= 4 is 51.4 Å². The minimum atomic E-state index is -0.120. The number of rotatable bonds is 3. The van der Waals surface area contributed by atoms with Crippen LogP contribution in [0.1, 0.15) is 48.8 Å². The summed E-state index contributed by atoms with van der Waals surface area (Å²) in [6, 6.07) is 16.1. The van der Waals surface area contributed by atoms with Crippen LogP contribution in [0.3, 0.4) is 0 Å². The van der Waals surface area contributed by atoms with Crippen molar-refractivity contribution in [2.45, 2.75) is 51.6 Å². The number of aryl methyl sites for hydroxylation is 1. The van der Waals surface area contributed by atoms with E-state index in [9.17, 15) is 9.59 Å². The van der Waals surface area contributed by atoms with E-state index < -0.39 is 0 Å². The van der Waals surface area contributed by atoms with Gasteiger partial charge in [-0.3, -0.25) is 14.5 Å². The van der Waals surface area contributed by atoms with Gasteiger partial charge in [-0.2, -0.15) is 0 Å². The lowest BCUT2D eigenvalue weighted by molar-refractivity contribution is -0.124. The Kier molecular flexibility index (Phi) is 5.44. The van der Waals surface area contributed by atoms with Crippen molar-refractivity contribution in [2.75, 3.05) is 4.90 Å². The molecule has 4 nitrogen and oxygen atoms in total. The van der Waals surface area contributed by atoms with Crippen molar-refractivity contribution < 1.29 is 9.59 Å². The van der Waals surface area contributed by atoms with Crippen LogP contribution < -0.4 is 4.90 Å². The minimum Gasteiger partial charge on any atom is -0.303 e. The zero-order valence-corrected chi connectivity index (χ0v) is 19.1. The molecular weight excluding hydrogens is 424 g/mol. The summed E-state index contributed by atoms with van der Waals surface area (Å²) < 4.78 is 0.585. The Morgan fingerprint density at radius 3 is 2.42 bits per heavy atom. The highest BCUT2D eigenvalue weighted by atomic mass is 32.2. The van der Waals surface area contributed by atoms with Crippen LogP contribution in [0.25, 0.3) is 5.57 Å². The van der Waals surface area contributed by atoms with Crippen LogP contribution in [0.4, 0.5) is 5.69 Å². The second-order valence-corrected chi connectivity index (χ2v) is 10.1. The zero-order chi connectivity index (χ0) is 21.5. The summed E-state index contributed by atoms with van der Waals surface area (Å²) in [5, 5.41) is 0. The van der Waals surface area contributed by atoms with Crippen molar-refractivity contribution in [1.29, 1.82) is 0 Å². The third-order valence-electron chi connectivity index (χ3n) is 6.35. The maximum Gasteiger partial charge on any atom is 0.267 e. The fourth-order valence-electron chi connectivity index (χ4n) is 4.72. The number of anilines is 1. The third-order valence-corrected chi connectivity index (χ3v) is 7.75. The van der Waals surface area contributed by atoms with Crippen LogP contribution in [0.2, 0.25) is 0 Å². The van der Waals surface area contributed by atoms with Gasteiger partial charge in [0.25, 0.3) is 11.8 Å². The van der Waals surface area contributed by atoms with Crippen LogP contribution in [0.5, 0.6) is 0 Å². The van der Waals surface area contributed by atoms with E-state index in [0.717, 1.165) is 42.5 Å². The summed E-state index contributed by atoms with van der Waals surface area (Å²) >= 11 is 6.89. The van der Waals surface area contributed by atoms with Gasteiger partial charge in [0.05, 0.1) is 22.7 Å². The Balaban J connectivity index is 1.52. The average molecular weight is 449 g/mol. The first-order valence-electron chi connectivity index (χ1n) is 10.8. The van der Waals surface area contributed by atoms with Gasteiger partial charge in [-0.05, 0) is 31.4 Å². The number of amides is 2. The number of para-hydroxylation sites is 1. The molecule has 0 radical (unpaired) electrons. The van der Waals surface area contributed by atoms with Gasteiger partial charge in [-0.15, -0.1) is 0 Å². The van der Waals surface area contributed by atoms with Gasteiger partial charge < -0.3 is 4.90 Å². The average Bonchev–Trinajstić information content (AvgIpc) is 3.22. The SMILES string of the molecule is Cc1ccc(CN2C(=O)C(=C3SC(=S)N(C4CCCCC4)C3=O)c3ccccc32)cc1. The predicted molar refractivity (Wildman–Crippen MR) is 130 cm³/mol. The molecule has 3 aliphatic rings. The van der Waals surface area contributed by atoms with Crippen molar-refractivity contribution in [3.05, 3.63) is 70.1 Å². The monoisotopic (exact) mass is 448 g/mol. The van der Waals surface area contributed by atoms with Gasteiger partial charge in [0, 0.05) is 11.6 Å². The van der Waals surface area contributed by atoms with Gasteiger partial charge in [-0.25, -0.2) is 0 Å². The maximum absolute atomic E-state index is 13.6. The first kappa shape index (κ1) is 20.5. The number of hydrogen-bond acceptors (Lipinski definition) is 4. The number of carbonyl (C=O) groups excluding carboxylic acids is 2. The number of carbonyl (C=O) groups is 2. The molecule has 5 rings (SSSR count). The highest BCUT2D eigenvalue weighted by Crippen LogP contribution is 2.46. The van der Waals surface area contributed by atoms with Crippen LogP contribution >= 0.6 is 24.0 Å². The summed E-state index contributed by atoms with van der Waals surface area (Å²) in [6.07, 6.45) is 5.43. The summed E-state index contributed by atoms with van der Waals surface area (Å²) in [7, 11) is 0. The Morgan fingerprint density at radius 2 is 1.68 bits per heavy atom. The van der Waals surface area contributed by atoms with Crippen LogP contribution in [-0.4, -0.2) is 27.1 Å². The first-order chi connectivity index (χ1) is 15.0. The fraction of sp³-hybridized carbons (Fsp3) is 0.320. The summed E-state index contributed by atoms with van der Waals surface area (Å²) in [4.78, 5) is 31.1. The molecule has 1 aliphatic carbocycles. The van der Waals surface area contributed by atoms with Crippen LogP contribution in [0, 0.1) is 6.92 Å². The number of hydrogen-bond donors (Lipinski definition) is 0. The molecule has 31 heavy (non-hydrogen) atoms. The summed E-state index contributed by atoms with van der Waals surface area (Å²) in [5.41, 5.74) is 4.42. The van der Waals surface area contributed by atoms with Gasteiger partial charge in [0.15, 0.2) is 0 Å². The van der Waals surface area contributed by atoms with E-state index in [2.05, 4.69) is 12.1 Å². The first-order valence-corrected chi connectivity index (χ1v) is 12.0. The predicted octanol–water partition coefficient (Wildman–Crippen LogP) is 5.45. The lowest BCUT2D eigenvalue weighted by Crippen LogP contribution is -2.40.